The van der Waals surface area contributed by atoms with E-state index in [1.165, 1.54) is 99.3 Å². The van der Waals surface area contributed by atoms with Crippen molar-refractivity contribution in [1.29, 1.82) is 0 Å². The van der Waals surface area contributed by atoms with Crippen LogP contribution in [0.25, 0.3) is 11.1 Å². The third kappa shape index (κ3) is 7.86. The van der Waals surface area contributed by atoms with E-state index in [9.17, 15) is 0 Å². The Morgan fingerprint density at radius 2 is 1.11 bits per heavy atom. The third-order valence-corrected chi connectivity index (χ3v) is 8.04. The molecule has 188 valence electrons. The molecule has 0 N–H and O–H groups in total. The molecule has 0 heteroatoms. The lowest BCUT2D eigenvalue weighted by molar-refractivity contribution is 0.303. The van der Waals surface area contributed by atoms with Gasteiger partial charge in [-0.05, 0) is 96.9 Å². The normalized spacial score (nSPS) is 17.4. The molecule has 1 aliphatic rings. The fourth-order valence-electron chi connectivity index (χ4n) is 5.64. The van der Waals surface area contributed by atoms with Gasteiger partial charge >= 0.3 is 0 Å². The van der Waals surface area contributed by atoms with Gasteiger partial charge in [0.25, 0.3) is 0 Å². The Balaban J connectivity index is 1.29. The van der Waals surface area contributed by atoms with Crippen molar-refractivity contribution in [3.8, 4) is 23.0 Å². The molecular weight excluding hydrogens is 432 g/mol. The maximum atomic E-state index is 3.33. The lowest BCUT2D eigenvalue weighted by Crippen LogP contribution is -2.13. The highest BCUT2D eigenvalue weighted by Gasteiger charge is 2.22. The van der Waals surface area contributed by atoms with Crippen LogP contribution in [0.1, 0.15) is 113 Å². The number of benzene rings is 3. The molecule has 0 amide bonds. The summed E-state index contributed by atoms with van der Waals surface area (Å²) >= 11 is 0. The highest BCUT2D eigenvalue weighted by molar-refractivity contribution is 5.65. The van der Waals surface area contributed by atoms with E-state index in [2.05, 4.69) is 98.5 Å². The van der Waals surface area contributed by atoms with E-state index in [-0.39, 0.29) is 0 Å². The molecule has 0 heterocycles. The number of hydrogen-bond donors (Lipinski definition) is 0. The third-order valence-electron chi connectivity index (χ3n) is 8.04. The predicted octanol–water partition coefficient (Wildman–Crippen LogP) is 10.3. The van der Waals surface area contributed by atoms with Crippen LogP contribution < -0.4 is 0 Å². The van der Waals surface area contributed by atoms with Crippen molar-refractivity contribution in [2.24, 2.45) is 5.92 Å². The van der Waals surface area contributed by atoms with Gasteiger partial charge in [0.05, 0.1) is 0 Å². The maximum Gasteiger partial charge on any atom is 0.0249 e. The molecule has 3 aromatic carbocycles. The van der Waals surface area contributed by atoms with E-state index in [1.807, 2.05) is 0 Å². The molecule has 3 aromatic rings. The average Bonchev–Trinajstić information content (AvgIpc) is 2.94. The molecule has 36 heavy (non-hydrogen) atoms. The van der Waals surface area contributed by atoms with Gasteiger partial charge in [0.15, 0.2) is 0 Å². The summed E-state index contributed by atoms with van der Waals surface area (Å²) in [5, 5.41) is 0. The van der Waals surface area contributed by atoms with Crippen LogP contribution in [0.4, 0.5) is 0 Å². The van der Waals surface area contributed by atoms with Gasteiger partial charge in [0.1, 0.15) is 0 Å². The van der Waals surface area contributed by atoms with E-state index in [4.69, 9.17) is 0 Å². The van der Waals surface area contributed by atoms with Crippen molar-refractivity contribution in [2.45, 2.75) is 96.8 Å². The molecule has 0 bridgehead atoms. The minimum Gasteiger partial charge on any atom is -0.0654 e. The van der Waals surface area contributed by atoms with Crippen molar-refractivity contribution in [1.82, 2.24) is 0 Å². The van der Waals surface area contributed by atoms with Gasteiger partial charge in [-0.2, -0.15) is 0 Å². The van der Waals surface area contributed by atoms with Gasteiger partial charge < -0.3 is 0 Å². The second-order valence-electron chi connectivity index (χ2n) is 10.8. The Morgan fingerprint density at radius 3 is 1.69 bits per heavy atom. The minimum absolute atomic E-state index is 0.754. The van der Waals surface area contributed by atoms with Crippen molar-refractivity contribution in [2.75, 3.05) is 0 Å². The highest BCUT2D eigenvalue weighted by atomic mass is 14.3. The van der Waals surface area contributed by atoms with Gasteiger partial charge in [0, 0.05) is 11.1 Å². The monoisotopic (exact) mass is 476 g/mol. The summed E-state index contributed by atoms with van der Waals surface area (Å²) in [5.41, 5.74) is 7.67. The van der Waals surface area contributed by atoms with Crippen molar-refractivity contribution in [3.63, 3.8) is 0 Å². The second kappa shape index (κ2) is 14.1. The Bertz CT molecular complexity index is 1080. The number of unbranched alkanes of at least 4 members (excludes halogenated alkanes) is 4. The van der Waals surface area contributed by atoms with E-state index in [0.717, 1.165) is 23.0 Å². The number of aryl methyl sites for hydroxylation is 1. The summed E-state index contributed by atoms with van der Waals surface area (Å²) in [6.45, 7) is 4.56. The summed E-state index contributed by atoms with van der Waals surface area (Å²) in [6, 6.07) is 26.8. The summed E-state index contributed by atoms with van der Waals surface area (Å²) in [5.74, 6) is 8.39. The molecule has 4 rings (SSSR count). The standard InChI is InChI=1S/C36H44/c1-3-5-7-9-29-11-13-31(14-12-29)15-16-32-19-23-34(24-20-32)36-27-25-35(26-28-36)33-21-17-30(18-22-33)10-8-6-4-2/h11-14,19-20,23-28,30,33H,3-10,17-18,21-22H2,1-2H3. The lowest BCUT2D eigenvalue weighted by Gasteiger charge is -2.29. The molecule has 0 nitrogen and oxygen atoms in total. The summed E-state index contributed by atoms with van der Waals surface area (Å²) in [6.07, 6.45) is 16.2. The quantitative estimate of drug-likeness (QED) is 0.202. The van der Waals surface area contributed by atoms with Crippen molar-refractivity contribution >= 4 is 0 Å². The highest BCUT2D eigenvalue weighted by Crippen LogP contribution is 2.38. The maximum absolute atomic E-state index is 3.33. The zero-order chi connectivity index (χ0) is 25.0. The predicted molar refractivity (Wildman–Crippen MR) is 156 cm³/mol. The molecule has 0 atom stereocenters. The first-order valence-corrected chi connectivity index (χ1v) is 14.6. The zero-order valence-electron chi connectivity index (χ0n) is 22.6. The van der Waals surface area contributed by atoms with Crippen LogP contribution in [0.5, 0.6) is 0 Å². The lowest BCUT2D eigenvalue weighted by atomic mass is 9.77. The van der Waals surface area contributed by atoms with Crippen molar-refractivity contribution in [3.05, 3.63) is 95.1 Å². The topological polar surface area (TPSA) is 0 Å². The first-order chi connectivity index (χ1) is 17.7. The van der Waals surface area contributed by atoms with Gasteiger partial charge in [-0.15, -0.1) is 0 Å². The van der Waals surface area contributed by atoms with E-state index >= 15 is 0 Å². The molecule has 1 aliphatic carbocycles. The largest absolute Gasteiger partial charge is 0.0654 e. The van der Waals surface area contributed by atoms with Crippen molar-refractivity contribution < 1.29 is 0 Å². The van der Waals surface area contributed by atoms with Gasteiger partial charge in [-0.3, -0.25) is 0 Å². The van der Waals surface area contributed by atoms with Crippen LogP contribution in [0.3, 0.4) is 0 Å². The molecule has 1 saturated carbocycles. The Kier molecular flexibility index (Phi) is 10.3. The van der Waals surface area contributed by atoms with E-state index in [0.29, 0.717) is 0 Å². The zero-order valence-corrected chi connectivity index (χ0v) is 22.6. The van der Waals surface area contributed by atoms with E-state index < -0.39 is 0 Å². The molecule has 0 aromatic heterocycles. The van der Waals surface area contributed by atoms with Gasteiger partial charge in [0.2, 0.25) is 0 Å². The van der Waals surface area contributed by atoms with Gasteiger partial charge in [-0.1, -0.05) is 113 Å². The fraction of sp³-hybridized carbons (Fsp3) is 0.444. The van der Waals surface area contributed by atoms with E-state index in [1.54, 1.807) is 0 Å². The molecule has 0 radical (unpaired) electrons. The number of rotatable bonds is 10. The second-order valence-corrected chi connectivity index (χ2v) is 10.8. The SMILES string of the molecule is CCCCCc1ccc(C#Cc2ccc(-c3ccc(C4CCC(CCCCC)CC4)cc3)cc2)cc1. The van der Waals surface area contributed by atoms with Crippen LogP contribution in [0.15, 0.2) is 72.8 Å². The van der Waals surface area contributed by atoms with Crippen LogP contribution in [0, 0.1) is 17.8 Å². The first kappa shape index (κ1) is 26.3. The smallest absolute Gasteiger partial charge is 0.0249 e. The van der Waals surface area contributed by atoms with Crippen LogP contribution in [0.2, 0.25) is 0 Å². The molecule has 0 saturated heterocycles. The molecule has 0 unspecified atom stereocenters. The van der Waals surface area contributed by atoms with Crippen LogP contribution in [-0.2, 0) is 6.42 Å². The molecule has 0 aliphatic heterocycles. The van der Waals surface area contributed by atoms with Gasteiger partial charge in [-0.25, -0.2) is 0 Å². The molecule has 0 spiro atoms. The minimum atomic E-state index is 0.754. The Morgan fingerprint density at radius 1 is 0.583 bits per heavy atom. The van der Waals surface area contributed by atoms with Crippen LogP contribution in [-0.4, -0.2) is 0 Å². The average molecular weight is 477 g/mol. The Labute approximate surface area is 220 Å². The van der Waals surface area contributed by atoms with Crippen LogP contribution >= 0.6 is 0 Å². The first-order valence-electron chi connectivity index (χ1n) is 14.6. The molecular formula is C36H44. The summed E-state index contributed by atoms with van der Waals surface area (Å²) in [4.78, 5) is 0. The summed E-state index contributed by atoms with van der Waals surface area (Å²) < 4.78 is 0. The Hall–Kier alpha value is -2.78. The molecule has 1 fully saturated rings. The fourth-order valence-corrected chi connectivity index (χ4v) is 5.64. The summed E-state index contributed by atoms with van der Waals surface area (Å²) in [7, 11) is 0. The number of hydrogen-bond acceptors (Lipinski definition) is 0.